The highest BCUT2D eigenvalue weighted by Crippen LogP contribution is 2.25. The number of carbonyl (C=O) groups excluding carboxylic acids is 1. The Morgan fingerprint density at radius 1 is 1.15 bits per heavy atom. The lowest BCUT2D eigenvalue weighted by atomic mass is 10.1. The highest BCUT2D eigenvalue weighted by atomic mass is 16.5. The fourth-order valence-electron chi connectivity index (χ4n) is 3.81. The summed E-state index contributed by atoms with van der Waals surface area (Å²) in [6.45, 7) is 2.00. The van der Waals surface area contributed by atoms with Crippen LogP contribution in [0, 0.1) is 0 Å². The molecule has 3 heterocycles. The molecule has 0 aliphatic carbocycles. The van der Waals surface area contributed by atoms with E-state index in [1.807, 2.05) is 31.3 Å². The van der Waals surface area contributed by atoms with Gasteiger partial charge in [-0.25, -0.2) is 9.97 Å². The van der Waals surface area contributed by atoms with Crippen molar-refractivity contribution in [2.45, 2.75) is 19.1 Å². The second kappa shape index (κ2) is 11.1. The molecule has 3 aromatic rings. The highest BCUT2D eigenvalue weighted by Gasteiger charge is 2.17. The van der Waals surface area contributed by atoms with Gasteiger partial charge in [-0.15, -0.1) is 0 Å². The average Bonchev–Trinajstić information content (AvgIpc) is 2.84. The minimum atomic E-state index is -0.717. The van der Waals surface area contributed by atoms with Crippen molar-refractivity contribution in [1.82, 2.24) is 25.5 Å². The molecule has 2 aromatic carbocycles. The van der Waals surface area contributed by atoms with Crippen molar-refractivity contribution in [2.75, 3.05) is 39.2 Å². The number of methoxy groups -OCH3 is 1. The Labute approximate surface area is 199 Å². The molecule has 2 aliphatic rings. The summed E-state index contributed by atoms with van der Waals surface area (Å²) in [4.78, 5) is 23.7. The molecule has 2 aliphatic heterocycles. The molecule has 0 spiro atoms. The smallest absolute Gasteiger partial charge is 0.239 e. The quantitative estimate of drug-likeness (QED) is 0.428. The van der Waals surface area contributed by atoms with E-state index in [0.29, 0.717) is 31.3 Å². The molecule has 34 heavy (non-hydrogen) atoms. The Balaban J connectivity index is 1.66. The van der Waals surface area contributed by atoms with Gasteiger partial charge in [0, 0.05) is 49.7 Å². The summed E-state index contributed by atoms with van der Waals surface area (Å²) in [6, 6.07) is 15.1. The Hall–Kier alpha value is -3.53. The minimum Gasteiger partial charge on any atom is -0.497 e. The number of aliphatic hydroxyl groups excluding tert-OH is 1. The molecule has 9 heteroatoms. The van der Waals surface area contributed by atoms with Gasteiger partial charge in [-0.3, -0.25) is 10.1 Å². The van der Waals surface area contributed by atoms with Crippen molar-refractivity contribution < 1.29 is 14.6 Å². The lowest BCUT2D eigenvalue weighted by Gasteiger charge is -2.20. The number of aliphatic hydroxyl groups is 1. The van der Waals surface area contributed by atoms with Crippen molar-refractivity contribution in [3.8, 4) is 17.0 Å². The molecule has 0 fully saturated rings. The first-order valence-electron chi connectivity index (χ1n) is 11.2. The summed E-state index contributed by atoms with van der Waals surface area (Å²) >= 11 is 0. The first kappa shape index (κ1) is 23.6. The van der Waals surface area contributed by atoms with Gasteiger partial charge >= 0.3 is 0 Å². The lowest BCUT2D eigenvalue weighted by molar-refractivity contribution is -0.124. The number of carbonyl (C=O) groups is 1. The maximum atomic E-state index is 12.6. The molecular weight excluding hydrogens is 432 g/mol. The molecule has 1 aromatic heterocycles. The number of ether oxygens (including phenoxy) is 1. The molecular formula is C25H30N6O3. The molecule has 178 valence electrons. The van der Waals surface area contributed by atoms with E-state index < -0.39 is 6.04 Å². The fourth-order valence-corrected chi connectivity index (χ4v) is 3.81. The first-order valence-corrected chi connectivity index (χ1v) is 11.2. The van der Waals surface area contributed by atoms with Gasteiger partial charge in [0.05, 0.1) is 19.4 Å². The number of hydrogen-bond donors (Lipinski definition) is 4. The third-order valence-electron chi connectivity index (χ3n) is 5.66. The van der Waals surface area contributed by atoms with Gasteiger partial charge in [-0.05, 0) is 36.4 Å². The molecule has 0 radical (unpaired) electrons. The van der Waals surface area contributed by atoms with Crippen LogP contribution in [-0.2, 0) is 17.9 Å². The van der Waals surface area contributed by atoms with Crippen molar-refractivity contribution in [1.29, 1.82) is 0 Å². The molecule has 5 rings (SSSR count). The van der Waals surface area contributed by atoms with E-state index in [0.717, 1.165) is 34.6 Å². The standard InChI is InChI=1S/C25H30N6O3/c1-31-10-9-26-24(33)23(16-32)28-14-18-11-20(13-21(12-18)34-2)29-25-27-8-7-22(30-25)19-5-3-17(15-31)4-6-19/h3-8,11-13,23,28,32H,9-10,14-16H2,1-2H3,(H,26,33)(H,27,29,30)/t23-/m0/s1. The molecule has 0 saturated carbocycles. The predicted octanol–water partition coefficient (Wildman–Crippen LogP) is 1.91. The minimum absolute atomic E-state index is 0.235. The van der Waals surface area contributed by atoms with Crippen LogP contribution < -0.4 is 20.7 Å². The Morgan fingerprint density at radius 3 is 2.74 bits per heavy atom. The van der Waals surface area contributed by atoms with Crippen LogP contribution in [0.2, 0.25) is 0 Å². The van der Waals surface area contributed by atoms with E-state index in [2.05, 4.69) is 55.1 Å². The summed E-state index contributed by atoms with van der Waals surface area (Å²) in [7, 11) is 3.61. The largest absolute Gasteiger partial charge is 0.497 e. The zero-order valence-electron chi connectivity index (χ0n) is 19.4. The SMILES string of the molecule is COc1cc2cc(c1)Nc1nccc(n1)-c1ccc(cc1)CN(C)CCNC(=O)[C@H](CO)NC2. The van der Waals surface area contributed by atoms with Crippen molar-refractivity contribution >= 4 is 17.5 Å². The number of fused-ring (bicyclic) bond motifs is 10. The van der Waals surface area contributed by atoms with Crippen LogP contribution in [-0.4, -0.2) is 65.8 Å². The predicted molar refractivity (Wildman–Crippen MR) is 131 cm³/mol. The van der Waals surface area contributed by atoms with Crippen LogP contribution in [0.15, 0.2) is 54.7 Å². The van der Waals surface area contributed by atoms with E-state index >= 15 is 0 Å². The summed E-state index contributed by atoms with van der Waals surface area (Å²) in [5.41, 5.74) is 4.63. The molecule has 0 unspecified atom stereocenters. The van der Waals surface area contributed by atoms with Crippen molar-refractivity contribution in [3.63, 3.8) is 0 Å². The van der Waals surface area contributed by atoms with Gasteiger partial charge in [0.1, 0.15) is 11.8 Å². The van der Waals surface area contributed by atoms with Crippen molar-refractivity contribution in [2.24, 2.45) is 0 Å². The Bertz CT molecular complexity index is 1120. The maximum Gasteiger partial charge on any atom is 0.239 e. The monoisotopic (exact) mass is 462 g/mol. The van der Waals surface area contributed by atoms with Gasteiger partial charge in [0.25, 0.3) is 0 Å². The highest BCUT2D eigenvalue weighted by molar-refractivity contribution is 5.81. The van der Waals surface area contributed by atoms with E-state index in [1.54, 1.807) is 13.3 Å². The molecule has 0 saturated heterocycles. The number of anilines is 2. The second-order valence-electron chi connectivity index (χ2n) is 8.30. The van der Waals surface area contributed by atoms with Gasteiger partial charge in [-0.2, -0.15) is 0 Å². The van der Waals surface area contributed by atoms with Crippen LogP contribution >= 0.6 is 0 Å². The number of nitrogens with one attached hydrogen (secondary N) is 3. The molecule has 9 nitrogen and oxygen atoms in total. The van der Waals surface area contributed by atoms with Gasteiger partial charge < -0.3 is 25.4 Å². The van der Waals surface area contributed by atoms with Gasteiger partial charge in [-0.1, -0.05) is 24.3 Å². The maximum absolute atomic E-state index is 12.6. The van der Waals surface area contributed by atoms with Crippen LogP contribution in [0.3, 0.4) is 0 Å². The first-order chi connectivity index (χ1) is 16.5. The van der Waals surface area contributed by atoms with Crippen LogP contribution in [0.25, 0.3) is 11.3 Å². The van der Waals surface area contributed by atoms with E-state index in [-0.39, 0.29) is 12.5 Å². The topological polar surface area (TPSA) is 112 Å². The Morgan fingerprint density at radius 2 is 1.97 bits per heavy atom. The third kappa shape index (κ3) is 6.07. The average molecular weight is 463 g/mol. The number of nitrogens with zero attached hydrogens (tertiary/aromatic N) is 3. The zero-order chi connectivity index (χ0) is 23.9. The fraction of sp³-hybridized carbons (Fsp3) is 0.320. The molecule has 4 N–H and O–H groups in total. The molecule has 6 bridgehead atoms. The Kier molecular flexibility index (Phi) is 7.69. The molecule has 1 amide bonds. The van der Waals surface area contributed by atoms with Crippen LogP contribution in [0.4, 0.5) is 11.6 Å². The number of rotatable bonds is 2. The van der Waals surface area contributed by atoms with Gasteiger partial charge in [0.15, 0.2) is 0 Å². The normalized spacial score (nSPS) is 17.5. The zero-order valence-corrected chi connectivity index (χ0v) is 19.4. The summed E-state index contributed by atoms with van der Waals surface area (Å²) < 4.78 is 5.45. The second-order valence-corrected chi connectivity index (χ2v) is 8.30. The van der Waals surface area contributed by atoms with E-state index in [4.69, 9.17) is 4.74 Å². The van der Waals surface area contributed by atoms with Crippen molar-refractivity contribution in [3.05, 3.63) is 65.9 Å². The number of aromatic nitrogens is 2. The van der Waals surface area contributed by atoms with Crippen LogP contribution in [0.5, 0.6) is 5.75 Å². The summed E-state index contributed by atoms with van der Waals surface area (Å²) in [5.74, 6) is 0.889. The number of hydrogen-bond acceptors (Lipinski definition) is 8. The lowest BCUT2D eigenvalue weighted by Crippen LogP contribution is -2.47. The van der Waals surface area contributed by atoms with Gasteiger partial charge in [0.2, 0.25) is 11.9 Å². The van der Waals surface area contributed by atoms with E-state index in [1.165, 1.54) is 0 Å². The third-order valence-corrected chi connectivity index (χ3v) is 5.66. The number of amides is 1. The summed E-state index contributed by atoms with van der Waals surface area (Å²) in [5, 5.41) is 19.0. The van der Waals surface area contributed by atoms with E-state index in [9.17, 15) is 9.90 Å². The number of likely N-dealkylation sites (N-methyl/N-ethyl adjacent to an activating group) is 1. The molecule has 1 atom stereocenters. The van der Waals surface area contributed by atoms with Crippen LogP contribution in [0.1, 0.15) is 11.1 Å². The summed E-state index contributed by atoms with van der Waals surface area (Å²) in [6.07, 6.45) is 1.73. The number of benzene rings is 2.